The van der Waals surface area contributed by atoms with Crippen LogP contribution in [-0.2, 0) is 17.8 Å². The molecule has 0 atom stereocenters. The number of nitrogens with zero attached hydrogens (tertiary/aromatic N) is 1. The molecule has 0 spiro atoms. The smallest absolute Gasteiger partial charge is 0.293 e. The van der Waals surface area contributed by atoms with Crippen LogP contribution in [0.2, 0.25) is 5.02 Å². The lowest BCUT2D eigenvalue weighted by molar-refractivity contribution is -0.122. The van der Waals surface area contributed by atoms with Gasteiger partial charge in [0.2, 0.25) is 0 Å². The lowest BCUT2D eigenvalue weighted by Gasteiger charge is -2.16. The molecule has 1 heterocycles. The molecule has 8 heteroatoms. The Kier molecular flexibility index (Phi) is 8.48. The molecule has 0 radical (unpaired) electrons. The normalized spacial score (nSPS) is 14.2. The standard InChI is InChI=1S/C29H24ClNO5S/c1-3-7-22-14-20(15-25(35-2)27(22)36-18-19-10-12-23(30)13-11-19)16-26-28(33)31(29(34)37-26)17-24(32)21-8-5-4-6-9-21/h3-6,8-16H,1,7,17-18H2,2H3/b26-16-. The number of carbonyl (C=O) groups is 3. The minimum absolute atomic E-state index is 0.229. The van der Waals surface area contributed by atoms with Gasteiger partial charge in [-0.15, -0.1) is 6.58 Å². The number of hydrogen-bond acceptors (Lipinski definition) is 6. The summed E-state index contributed by atoms with van der Waals surface area (Å²) in [7, 11) is 1.54. The number of hydrogen-bond donors (Lipinski definition) is 0. The highest BCUT2D eigenvalue weighted by atomic mass is 35.5. The molecule has 4 rings (SSSR count). The van der Waals surface area contributed by atoms with E-state index in [2.05, 4.69) is 6.58 Å². The van der Waals surface area contributed by atoms with Gasteiger partial charge in [-0.1, -0.05) is 60.1 Å². The zero-order valence-electron chi connectivity index (χ0n) is 20.1. The van der Waals surface area contributed by atoms with Crippen molar-refractivity contribution in [1.29, 1.82) is 0 Å². The van der Waals surface area contributed by atoms with E-state index in [1.165, 1.54) is 7.11 Å². The van der Waals surface area contributed by atoms with Gasteiger partial charge >= 0.3 is 0 Å². The van der Waals surface area contributed by atoms with E-state index in [9.17, 15) is 14.4 Å². The second kappa shape index (κ2) is 12.0. The largest absolute Gasteiger partial charge is 0.493 e. The van der Waals surface area contributed by atoms with Crippen molar-refractivity contribution in [3.63, 3.8) is 0 Å². The van der Waals surface area contributed by atoms with Gasteiger partial charge in [-0.3, -0.25) is 19.3 Å². The Morgan fingerprint density at radius 2 is 1.81 bits per heavy atom. The fraction of sp³-hybridized carbons (Fsp3) is 0.138. The summed E-state index contributed by atoms with van der Waals surface area (Å²) in [6.07, 6.45) is 3.87. The molecule has 0 N–H and O–H groups in total. The maximum Gasteiger partial charge on any atom is 0.293 e. The molecule has 2 amide bonds. The maximum absolute atomic E-state index is 13.0. The molecular weight excluding hydrogens is 510 g/mol. The predicted octanol–water partition coefficient (Wildman–Crippen LogP) is 6.58. The van der Waals surface area contributed by atoms with Crippen molar-refractivity contribution in [3.05, 3.63) is 112 Å². The van der Waals surface area contributed by atoms with Gasteiger partial charge in [-0.05, 0) is 59.7 Å². The van der Waals surface area contributed by atoms with E-state index in [0.29, 0.717) is 40.7 Å². The van der Waals surface area contributed by atoms with E-state index in [4.69, 9.17) is 21.1 Å². The monoisotopic (exact) mass is 533 g/mol. The third-order valence-electron chi connectivity index (χ3n) is 5.60. The molecule has 3 aromatic carbocycles. The summed E-state index contributed by atoms with van der Waals surface area (Å²) in [4.78, 5) is 39.3. The molecule has 0 bridgehead atoms. The van der Waals surface area contributed by atoms with E-state index in [0.717, 1.165) is 27.8 Å². The Hall–Kier alpha value is -3.81. The Labute approximate surface area is 224 Å². The van der Waals surface area contributed by atoms with Crippen LogP contribution < -0.4 is 9.47 Å². The Morgan fingerprint density at radius 3 is 2.49 bits per heavy atom. The van der Waals surface area contributed by atoms with Gasteiger partial charge < -0.3 is 9.47 Å². The van der Waals surface area contributed by atoms with E-state index >= 15 is 0 Å². The summed E-state index contributed by atoms with van der Waals surface area (Å²) in [5.41, 5.74) is 2.86. The van der Waals surface area contributed by atoms with Crippen LogP contribution in [0.15, 0.2) is 84.3 Å². The topological polar surface area (TPSA) is 72.9 Å². The van der Waals surface area contributed by atoms with Crippen molar-refractivity contribution in [3.8, 4) is 11.5 Å². The molecule has 1 saturated heterocycles. The third kappa shape index (κ3) is 6.31. The predicted molar refractivity (Wildman–Crippen MR) is 146 cm³/mol. The lowest BCUT2D eigenvalue weighted by Crippen LogP contribution is -2.33. The average Bonchev–Trinajstić information content (AvgIpc) is 3.16. The van der Waals surface area contributed by atoms with Gasteiger partial charge in [0.1, 0.15) is 6.61 Å². The number of thioether (sulfide) groups is 1. The Balaban J connectivity index is 1.57. The fourth-order valence-electron chi connectivity index (χ4n) is 3.77. The van der Waals surface area contributed by atoms with Crippen LogP contribution in [0.3, 0.4) is 0 Å². The number of amides is 2. The van der Waals surface area contributed by atoms with Crippen LogP contribution in [0.25, 0.3) is 6.08 Å². The molecule has 0 aliphatic carbocycles. The number of rotatable bonds is 10. The van der Waals surface area contributed by atoms with Gasteiger partial charge in [-0.25, -0.2) is 0 Å². The van der Waals surface area contributed by atoms with Crippen LogP contribution in [0.5, 0.6) is 11.5 Å². The molecule has 6 nitrogen and oxygen atoms in total. The summed E-state index contributed by atoms with van der Waals surface area (Å²) in [6.45, 7) is 3.83. The number of allylic oxidation sites excluding steroid dienone is 1. The number of methoxy groups -OCH3 is 1. The second-order valence-electron chi connectivity index (χ2n) is 8.18. The zero-order valence-corrected chi connectivity index (χ0v) is 21.7. The van der Waals surface area contributed by atoms with E-state index in [-0.39, 0.29) is 17.2 Å². The van der Waals surface area contributed by atoms with Gasteiger partial charge in [0, 0.05) is 16.1 Å². The average molecular weight is 534 g/mol. The van der Waals surface area contributed by atoms with Crippen molar-refractivity contribution >= 4 is 46.4 Å². The van der Waals surface area contributed by atoms with Crippen molar-refractivity contribution < 1.29 is 23.9 Å². The summed E-state index contributed by atoms with van der Waals surface area (Å²) < 4.78 is 11.7. The molecule has 1 aliphatic heterocycles. The summed E-state index contributed by atoms with van der Waals surface area (Å²) in [5, 5.41) is 0.161. The number of Topliss-reactive ketones (excluding diaryl/α,β-unsaturated/α-hetero) is 1. The van der Waals surface area contributed by atoms with E-state index in [1.54, 1.807) is 60.7 Å². The zero-order chi connectivity index (χ0) is 26.4. The number of carbonyl (C=O) groups excluding carboxylic acids is 3. The summed E-state index contributed by atoms with van der Waals surface area (Å²) in [5.74, 6) is 0.238. The minimum atomic E-state index is -0.508. The number of benzene rings is 3. The number of halogens is 1. The molecule has 0 saturated carbocycles. The molecule has 1 aliphatic rings. The van der Waals surface area contributed by atoms with Crippen LogP contribution in [0.1, 0.15) is 27.0 Å². The molecule has 1 fully saturated rings. The number of ether oxygens (including phenoxy) is 2. The van der Waals surface area contributed by atoms with Crippen molar-refractivity contribution in [2.75, 3.05) is 13.7 Å². The SMILES string of the molecule is C=CCc1cc(/C=C2\SC(=O)N(CC(=O)c3ccccc3)C2=O)cc(OC)c1OCc1ccc(Cl)cc1. The van der Waals surface area contributed by atoms with Gasteiger partial charge in [0.15, 0.2) is 17.3 Å². The minimum Gasteiger partial charge on any atom is -0.493 e. The first-order valence-corrected chi connectivity index (χ1v) is 12.6. The van der Waals surface area contributed by atoms with Crippen molar-refractivity contribution in [1.82, 2.24) is 4.90 Å². The quantitative estimate of drug-likeness (QED) is 0.167. The Bertz CT molecular complexity index is 1370. The number of imide groups is 1. The first-order valence-electron chi connectivity index (χ1n) is 11.4. The van der Waals surface area contributed by atoms with Gasteiger partial charge in [0.05, 0.1) is 18.6 Å². The van der Waals surface area contributed by atoms with Crippen molar-refractivity contribution in [2.24, 2.45) is 0 Å². The van der Waals surface area contributed by atoms with E-state index in [1.807, 2.05) is 18.2 Å². The van der Waals surface area contributed by atoms with Crippen molar-refractivity contribution in [2.45, 2.75) is 13.0 Å². The highest BCUT2D eigenvalue weighted by molar-refractivity contribution is 8.18. The summed E-state index contributed by atoms with van der Waals surface area (Å²) in [6, 6.07) is 19.5. The molecule has 3 aromatic rings. The molecule has 37 heavy (non-hydrogen) atoms. The van der Waals surface area contributed by atoms with Crippen LogP contribution in [0.4, 0.5) is 4.79 Å². The first-order chi connectivity index (χ1) is 17.9. The number of ketones is 1. The fourth-order valence-corrected chi connectivity index (χ4v) is 4.74. The molecule has 0 aromatic heterocycles. The first kappa shape index (κ1) is 26.3. The third-order valence-corrected chi connectivity index (χ3v) is 6.76. The van der Waals surface area contributed by atoms with Crippen LogP contribution >= 0.6 is 23.4 Å². The van der Waals surface area contributed by atoms with Crippen LogP contribution in [-0.4, -0.2) is 35.5 Å². The summed E-state index contributed by atoms with van der Waals surface area (Å²) >= 11 is 6.77. The highest BCUT2D eigenvalue weighted by Gasteiger charge is 2.36. The van der Waals surface area contributed by atoms with Gasteiger partial charge in [-0.2, -0.15) is 0 Å². The molecule has 0 unspecified atom stereocenters. The highest BCUT2D eigenvalue weighted by Crippen LogP contribution is 2.37. The maximum atomic E-state index is 13.0. The second-order valence-corrected chi connectivity index (χ2v) is 9.61. The van der Waals surface area contributed by atoms with Crippen LogP contribution in [0, 0.1) is 0 Å². The van der Waals surface area contributed by atoms with E-state index < -0.39 is 11.1 Å². The molecular formula is C29H24ClNO5S. The lowest BCUT2D eigenvalue weighted by atomic mass is 10.0. The Morgan fingerprint density at radius 1 is 1.08 bits per heavy atom. The molecule has 188 valence electrons. The van der Waals surface area contributed by atoms with Gasteiger partial charge in [0.25, 0.3) is 11.1 Å².